The van der Waals surface area contributed by atoms with Gasteiger partial charge in [0.05, 0.1) is 20.5 Å². The van der Waals surface area contributed by atoms with Crippen LogP contribution in [0.2, 0.25) is 0 Å². The standard InChI is InChI=1S/C23H33N3O3/c1-28-21-10-8-20(16-22(21)29-2)17-26(14-5-13-25-15-12-24-18-25)23(27)11-9-19-6-3-4-7-19/h8,10,12,15-16,18-19H,3-7,9,11,13-14,17H2,1-2H3. The molecule has 29 heavy (non-hydrogen) atoms. The number of hydrogen-bond acceptors (Lipinski definition) is 4. The zero-order valence-electron chi connectivity index (χ0n) is 17.7. The van der Waals surface area contributed by atoms with Gasteiger partial charge in [0.1, 0.15) is 0 Å². The smallest absolute Gasteiger partial charge is 0.222 e. The number of nitrogens with zero attached hydrogens (tertiary/aromatic N) is 3. The van der Waals surface area contributed by atoms with Crippen LogP contribution < -0.4 is 9.47 Å². The van der Waals surface area contributed by atoms with E-state index in [4.69, 9.17) is 9.47 Å². The highest BCUT2D eigenvalue weighted by molar-refractivity contribution is 5.76. The van der Waals surface area contributed by atoms with Crippen LogP contribution in [0.15, 0.2) is 36.9 Å². The molecule has 3 rings (SSSR count). The van der Waals surface area contributed by atoms with Crippen molar-refractivity contribution in [2.45, 2.75) is 58.0 Å². The lowest BCUT2D eigenvalue weighted by molar-refractivity contribution is -0.132. The number of hydrogen-bond donors (Lipinski definition) is 0. The van der Waals surface area contributed by atoms with Gasteiger partial charge in [0.25, 0.3) is 0 Å². The average molecular weight is 400 g/mol. The van der Waals surface area contributed by atoms with Crippen molar-refractivity contribution in [1.29, 1.82) is 0 Å². The highest BCUT2D eigenvalue weighted by Gasteiger charge is 2.20. The SMILES string of the molecule is COc1ccc(CN(CCCn2ccnc2)C(=O)CCC2CCCC2)cc1OC. The van der Waals surface area contributed by atoms with Crippen LogP contribution in [0.1, 0.15) is 50.5 Å². The first kappa shape index (κ1) is 21.2. The van der Waals surface area contributed by atoms with Crippen LogP contribution in [-0.4, -0.2) is 41.1 Å². The number of aryl methyl sites for hydroxylation is 1. The summed E-state index contributed by atoms with van der Waals surface area (Å²) in [7, 11) is 3.27. The summed E-state index contributed by atoms with van der Waals surface area (Å²) >= 11 is 0. The molecule has 1 heterocycles. The topological polar surface area (TPSA) is 56.6 Å². The fourth-order valence-electron chi connectivity index (χ4n) is 4.14. The van der Waals surface area contributed by atoms with Crippen LogP contribution >= 0.6 is 0 Å². The minimum Gasteiger partial charge on any atom is -0.493 e. The Balaban J connectivity index is 1.62. The van der Waals surface area contributed by atoms with Gasteiger partial charge >= 0.3 is 0 Å². The van der Waals surface area contributed by atoms with Crippen LogP contribution in [0.3, 0.4) is 0 Å². The van der Waals surface area contributed by atoms with Crippen LogP contribution in [0, 0.1) is 5.92 Å². The Hall–Kier alpha value is -2.50. The summed E-state index contributed by atoms with van der Waals surface area (Å²) in [6.45, 7) is 2.18. The van der Waals surface area contributed by atoms with Gasteiger partial charge in [-0.3, -0.25) is 4.79 Å². The molecule has 0 atom stereocenters. The molecular weight excluding hydrogens is 366 g/mol. The maximum absolute atomic E-state index is 13.0. The number of ether oxygens (including phenoxy) is 2. The lowest BCUT2D eigenvalue weighted by Crippen LogP contribution is -2.32. The van der Waals surface area contributed by atoms with Gasteiger partial charge < -0.3 is 18.9 Å². The maximum atomic E-state index is 13.0. The maximum Gasteiger partial charge on any atom is 0.222 e. The third-order valence-electron chi connectivity index (χ3n) is 5.82. The van der Waals surface area contributed by atoms with Gasteiger partial charge in [-0.1, -0.05) is 31.7 Å². The van der Waals surface area contributed by atoms with E-state index in [0.717, 1.165) is 37.4 Å². The van der Waals surface area contributed by atoms with Gasteiger partial charge in [-0.05, 0) is 36.5 Å². The first-order chi connectivity index (χ1) is 14.2. The Morgan fingerprint density at radius 2 is 2.00 bits per heavy atom. The van der Waals surface area contributed by atoms with Gasteiger partial charge in [0.15, 0.2) is 11.5 Å². The van der Waals surface area contributed by atoms with Crippen LogP contribution in [0.4, 0.5) is 0 Å². The number of imidazole rings is 1. The summed E-state index contributed by atoms with van der Waals surface area (Å²) in [6, 6.07) is 5.88. The fourth-order valence-corrected chi connectivity index (χ4v) is 4.14. The number of carbonyl (C=O) groups excluding carboxylic acids is 1. The molecule has 0 N–H and O–H groups in total. The summed E-state index contributed by atoms with van der Waals surface area (Å²) in [5.74, 6) is 2.38. The van der Waals surface area contributed by atoms with Crippen molar-refractivity contribution in [2.24, 2.45) is 5.92 Å². The second-order valence-electron chi connectivity index (χ2n) is 7.85. The number of methoxy groups -OCH3 is 2. The van der Waals surface area contributed by atoms with E-state index in [9.17, 15) is 4.79 Å². The second-order valence-corrected chi connectivity index (χ2v) is 7.85. The summed E-state index contributed by atoms with van der Waals surface area (Å²) < 4.78 is 12.8. The van der Waals surface area contributed by atoms with Gasteiger partial charge in [-0.2, -0.15) is 0 Å². The minimum atomic E-state index is 0.248. The summed E-state index contributed by atoms with van der Waals surface area (Å²) in [4.78, 5) is 19.1. The molecule has 0 bridgehead atoms. The molecule has 1 aliphatic rings. The van der Waals surface area contributed by atoms with E-state index in [1.807, 2.05) is 35.6 Å². The van der Waals surface area contributed by atoms with Gasteiger partial charge in [-0.15, -0.1) is 0 Å². The van der Waals surface area contributed by atoms with E-state index in [2.05, 4.69) is 9.55 Å². The highest BCUT2D eigenvalue weighted by atomic mass is 16.5. The van der Waals surface area contributed by atoms with Crippen LogP contribution in [0.25, 0.3) is 0 Å². The van der Waals surface area contributed by atoms with Crippen LogP contribution in [-0.2, 0) is 17.9 Å². The molecule has 1 aliphatic carbocycles. The molecule has 0 radical (unpaired) electrons. The van der Waals surface area contributed by atoms with E-state index in [1.165, 1.54) is 25.7 Å². The minimum absolute atomic E-state index is 0.248. The van der Waals surface area contributed by atoms with E-state index >= 15 is 0 Å². The number of benzene rings is 1. The predicted octanol–water partition coefficient (Wildman–Crippen LogP) is 4.29. The highest BCUT2D eigenvalue weighted by Crippen LogP contribution is 2.30. The first-order valence-corrected chi connectivity index (χ1v) is 10.6. The molecule has 2 aromatic rings. The van der Waals surface area contributed by atoms with Crippen LogP contribution in [0.5, 0.6) is 11.5 Å². The Labute approximate surface area is 173 Å². The zero-order chi connectivity index (χ0) is 20.5. The molecule has 1 saturated carbocycles. The fraction of sp³-hybridized carbons (Fsp3) is 0.565. The third-order valence-corrected chi connectivity index (χ3v) is 5.82. The van der Waals surface area contributed by atoms with Crippen molar-refractivity contribution < 1.29 is 14.3 Å². The number of amides is 1. The second kappa shape index (κ2) is 10.9. The molecule has 6 nitrogen and oxygen atoms in total. The molecule has 1 aromatic carbocycles. The van der Waals surface area contributed by atoms with E-state index < -0.39 is 0 Å². The van der Waals surface area contributed by atoms with Crippen molar-refractivity contribution in [3.8, 4) is 11.5 Å². The molecule has 6 heteroatoms. The third kappa shape index (κ3) is 6.24. The monoisotopic (exact) mass is 399 g/mol. The van der Waals surface area contributed by atoms with Gasteiger partial charge in [0, 0.05) is 38.4 Å². The lowest BCUT2D eigenvalue weighted by Gasteiger charge is -2.24. The summed E-state index contributed by atoms with van der Waals surface area (Å²) in [5.41, 5.74) is 1.06. The molecular formula is C23H33N3O3. The molecule has 0 unspecified atom stereocenters. The number of aromatic nitrogens is 2. The van der Waals surface area contributed by atoms with E-state index in [1.54, 1.807) is 20.4 Å². The summed E-state index contributed by atoms with van der Waals surface area (Å²) in [6.07, 6.45) is 13.3. The zero-order valence-corrected chi connectivity index (χ0v) is 17.7. The van der Waals surface area contributed by atoms with Gasteiger partial charge in [-0.25, -0.2) is 4.98 Å². The molecule has 1 aromatic heterocycles. The Kier molecular flexibility index (Phi) is 7.96. The van der Waals surface area contributed by atoms with Crippen molar-refractivity contribution in [3.05, 3.63) is 42.5 Å². The molecule has 0 spiro atoms. The lowest BCUT2D eigenvalue weighted by atomic mass is 10.0. The molecule has 1 amide bonds. The molecule has 158 valence electrons. The van der Waals surface area contributed by atoms with Crippen molar-refractivity contribution in [3.63, 3.8) is 0 Å². The van der Waals surface area contributed by atoms with E-state index in [0.29, 0.717) is 24.5 Å². The van der Waals surface area contributed by atoms with E-state index in [-0.39, 0.29) is 5.91 Å². The molecule has 1 fully saturated rings. The van der Waals surface area contributed by atoms with Crippen molar-refractivity contribution in [2.75, 3.05) is 20.8 Å². The Morgan fingerprint density at radius 3 is 2.69 bits per heavy atom. The Bertz CT molecular complexity index is 755. The molecule has 0 saturated heterocycles. The quantitative estimate of drug-likeness (QED) is 0.566. The Morgan fingerprint density at radius 1 is 1.21 bits per heavy atom. The van der Waals surface area contributed by atoms with Crippen molar-refractivity contribution >= 4 is 5.91 Å². The normalized spacial score (nSPS) is 14.1. The summed E-state index contributed by atoms with van der Waals surface area (Å²) in [5, 5.41) is 0. The first-order valence-electron chi connectivity index (χ1n) is 10.6. The molecule has 0 aliphatic heterocycles. The number of carbonyl (C=O) groups is 1. The van der Waals surface area contributed by atoms with Gasteiger partial charge in [0.2, 0.25) is 5.91 Å². The largest absolute Gasteiger partial charge is 0.493 e. The average Bonchev–Trinajstić information content (AvgIpc) is 3.45. The van der Waals surface area contributed by atoms with Crippen molar-refractivity contribution in [1.82, 2.24) is 14.5 Å². The number of rotatable bonds is 11. The predicted molar refractivity (Wildman–Crippen MR) is 113 cm³/mol.